The third-order valence-electron chi connectivity index (χ3n) is 4.81. The number of hydrogen-bond donors (Lipinski definition) is 1. The number of piperazine rings is 1. The summed E-state index contributed by atoms with van der Waals surface area (Å²) in [6.45, 7) is 1.92. The lowest BCUT2D eigenvalue weighted by atomic mass is 10.0. The molecule has 0 aliphatic carbocycles. The van der Waals surface area contributed by atoms with Gasteiger partial charge in [-0.25, -0.2) is 9.59 Å². The molecule has 7 nitrogen and oxygen atoms in total. The van der Waals surface area contributed by atoms with Gasteiger partial charge in [-0.1, -0.05) is 30.3 Å². The number of hydrogen-bond acceptors (Lipinski definition) is 5. The molecule has 0 spiro atoms. The second-order valence-electron chi connectivity index (χ2n) is 6.69. The van der Waals surface area contributed by atoms with Crippen molar-refractivity contribution in [2.75, 3.05) is 26.7 Å². The Morgan fingerprint density at radius 3 is 2.74 bits per heavy atom. The minimum absolute atomic E-state index is 0.0144. The Bertz CT molecular complexity index is 797. The number of nitrogens with zero attached hydrogens (tertiary/aromatic N) is 3. The summed E-state index contributed by atoms with van der Waals surface area (Å²) in [7, 11) is 2.07. The van der Waals surface area contributed by atoms with E-state index in [2.05, 4.69) is 29.1 Å². The molecule has 0 saturated carbocycles. The lowest BCUT2D eigenvalue weighted by molar-refractivity contribution is 0.0694. The van der Waals surface area contributed by atoms with Crippen molar-refractivity contribution in [2.45, 2.75) is 18.9 Å². The van der Waals surface area contributed by atoms with Crippen LogP contribution in [0.4, 0.5) is 4.79 Å². The molecular formula is C20H23N3O4. The topological polar surface area (TPSA) is 83.0 Å². The van der Waals surface area contributed by atoms with E-state index in [1.807, 2.05) is 18.2 Å². The maximum Gasteiger partial charge on any atom is 0.415 e. The van der Waals surface area contributed by atoms with Gasteiger partial charge in [0.2, 0.25) is 0 Å². The number of carboxylic acid groups (broad SMARTS) is 1. The van der Waals surface area contributed by atoms with Crippen molar-refractivity contribution < 1.29 is 19.4 Å². The summed E-state index contributed by atoms with van der Waals surface area (Å²) < 4.78 is 5.33. The molecule has 1 saturated heterocycles. The van der Waals surface area contributed by atoms with Gasteiger partial charge in [0.15, 0.2) is 5.75 Å². The molecule has 1 atom stereocenters. The third-order valence-corrected chi connectivity index (χ3v) is 4.81. The molecule has 2 aromatic rings. The van der Waals surface area contributed by atoms with E-state index in [-0.39, 0.29) is 17.4 Å². The Kier molecular flexibility index (Phi) is 6.03. The molecule has 1 amide bonds. The number of amides is 1. The average Bonchev–Trinajstić information content (AvgIpc) is 2.68. The van der Waals surface area contributed by atoms with Crippen molar-refractivity contribution in [3.63, 3.8) is 0 Å². The molecule has 1 aromatic heterocycles. The molecule has 1 aromatic carbocycles. The van der Waals surface area contributed by atoms with E-state index in [0.29, 0.717) is 13.1 Å². The van der Waals surface area contributed by atoms with E-state index >= 15 is 0 Å². The van der Waals surface area contributed by atoms with Crippen LogP contribution in [0.2, 0.25) is 0 Å². The SMILES string of the molecule is CN1CCN(C(=O)Oc2cncc(C(=O)O)c2)CC1CCc1ccccc1. The van der Waals surface area contributed by atoms with Crippen molar-refractivity contribution in [2.24, 2.45) is 0 Å². The largest absolute Gasteiger partial charge is 0.478 e. The molecule has 0 bridgehead atoms. The normalized spacial score (nSPS) is 17.5. The molecule has 0 radical (unpaired) electrons. The average molecular weight is 369 g/mol. The number of pyridine rings is 1. The zero-order valence-electron chi connectivity index (χ0n) is 15.2. The molecule has 1 aliphatic heterocycles. The fraction of sp³-hybridized carbons (Fsp3) is 0.350. The smallest absolute Gasteiger partial charge is 0.415 e. The Labute approximate surface area is 158 Å². The molecular weight excluding hydrogens is 346 g/mol. The van der Waals surface area contributed by atoms with Crippen molar-refractivity contribution >= 4 is 12.1 Å². The summed E-state index contributed by atoms with van der Waals surface area (Å²) in [5, 5.41) is 9.01. The summed E-state index contributed by atoms with van der Waals surface area (Å²) in [6, 6.07) is 11.8. The Morgan fingerprint density at radius 2 is 2.00 bits per heavy atom. The monoisotopic (exact) mass is 369 g/mol. The standard InChI is InChI=1S/C20H23N3O4/c1-22-9-10-23(14-17(22)8-7-15-5-3-2-4-6-15)20(26)27-18-11-16(19(24)25)12-21-13-18/h2-6,11-13,17H,7-10,14H2,1H3,(H,24,25). The summed E-state index contributed by atoms with van der Waals surface area (Å²) >= 11 is 0. The number of likely N-dealkylation sites (N-methyl/N-ethyl adjacent to an activating group) is 1. The van der Waals surface area contributed by atoms with Crippen LogP contribution in [-0.2, 0) is 6.42 Å². The summed E-state index contributed by atoms with van der Waals surface area (Å²) in [5.74, 6) is -0.972. The van der Waals surface area contributed by atoms with Crippen LogP contribution in [0, 0.1) is 0 Å². The van der Waals surface area contributed by atoms with Crippen LogP contribution in [-0.4, -0.2) is 64.7 Å². The number of ether oxygens (including phenoxy) is 1. The van der Waals surface area contributed by atoms with Gasteiger partial charge in [-0.3, -0.25) is 9.88 Å². The van der Waals surface area contributed by atoms with E-state index < -0.39 is 12.1 Å². The van der Waals surface area contributed by atoms with E-state index in [4.69, 9.17) is 9.84 Å². The minimum Gasteiger partial charge on any atom is -0.478 e. The minimum atomic E-state index is -1.11. The summed E-state index contributed by atoms with van der Waals surface area (Å²) in [5.41, 5.74) is 1.27. The van der Waals surface area contributed by atoms with Gasteiger partial charge >= 0.3 is 12.1 Å². The lowest BCUT2D eigenvalue weighted by Crippen LogP contribution is -2.54. The van der Waals surface area contributed by atoms with Gasteiger partial charge in [-0.2, -0.15) is 0 Å². The Balaban J connectivity index is 1.58. The van der Waals surface area contributed by atoms with Crippen molar-refractivity contribution in [3.8, 4) is 5.75 Å². The Morgan fingerprint density at radius 1 is 1.22 bits per heavy atom. The third kappa shape index (κ3) is 5.04. The highest BCUT2D eigenvalue weighted by atomic mass is 16.6. The van der Waals surface area contributed by atoms with Gasteiger partial charge < -0.3 is 14.7 Å². The second-order valence-corrected chi connectivity index (χ2v) is 6.69. The molecule has 1 N–H and O–H groups in total. The predicted octanol–water partition coefficient (Wildman–Crippen LogP) is 2.53. The number of aromatic nitrogens is 1. The number of carbonyl (C=O) groups is 2. The van der Waals surface area contributed by atoms with E-state index in [1.165, 1.54) is 24.0 Å². The van der Waals surface area contributed by atoms with Crippen LogP contribution in [0.15, 0.2) is 48.8 Å². The molecule has 1 unspecified atom stereocenters. The number of carbonyl (C=O) groups excluding carboxylic acids is 1. The molecule has 142 valence electrons. The highest BCUT2D eigenvalue weighted by molar-refractivity contribution is 5.87. The number of carboxylic acids is 1. The number of aryl methyl sites for hydroxylation is 1. The lowest BCUT2D eigenvalue weighted by Gasteiger charge is -2.38. The Hall–Kier alpha value is -2.93. The maximum atomic E-state index is 12.5. The first-order valence-corrected chi connectivity index (χ1v) is 8.92. The molecule has 3 rings (SSSR count). The molecule has 27 heavy (non-hydrogen) atoms. The molecule has 2 heterocycles. The second kappa shape index (κ2) is 8.64. The van der Waals surface area contributed by atoms with Crippen molar-refractivity contribution in [3.05, 3.63) is 59.9 Å². The van der Waals surface area contributed by atoms with Crippen LogP contribution in [0.25, 0.3) is 0 Å². The van der Waals surface area contributed by atoms with E-state index in [1.54, 1.807) is 4.90 Å². The van der Waals surface area contributed by atoms with Gasteiger partial charge in [-0.15, -0.1) is 0 Å². The first kappa shape index (κ1) is 18.8. The van der Waals surface area contributed by atoms with Crippen LogP contribution in [0.1, 0.15) is 22.3 Å². The first-order chi connectivity index (χ1) is 13.0. The predicted molar refractivity (Wildman–Crippen MR) is 100.0 cm³/mol. The molecule has 1 fully saturated rings. The maximum absolute atomic E-state index is 12.5. The van der Waals surface area contributed by atoms with Gasteiger partial charge in [0.25, 0.3) is 0 Å². The highest BCUT2D eigenvalue weighted by Crippen LogP contribution is 2.17. The van der Waals surface area contributed by atoms with Crippen molar-refractivity contribution in [1.29, 1.82) is 0 Å². The first-order valence-electron chi connectivity index (χ1n) is 8.92. The van der Waals surface area contributed by atoms with Gasteiger partial charge in [0, 0.05) is 31.9 Å². The van der Waals surface area contributed by atoms with Gasteiger partial charge in [-0.05, 0) is 31.5 Å². The number of aromatic carboxylic acids is 1. The fourth-order valence-corrected chi connectivity index (χ4v) is 3.16. The molecule has 1 aliphatic rings. The number of rotatable bonds is 5. The number of benzene rings is 1. The van der Waals surface area contributed by atoms with Crippen molar-refractivity contribution in [1.82, 2.24) is 14.8 Å². The van der Waals surface area contributed by atoms with Crippen LogP contribution in [0.3, 0.4) is 0 Å². The van der Waals surface area contributed by atoms with Gasteiger partial charge in [0.1, 0.15) is 0 Å². The van der Waals surface area contributed by atoms with Crippen LogP contribution in [0.5, 0.6) is 5.75 Å². The summed E-state index contributed by atoms with van der Waals surface area (Å²) in [6.07, 6.45) is 3.98. The summed E-state index contributed by atoms with van der Waals surface area (Å²) in [4.78, 5) is 31.2. The van der Waals surface area contributed by atoms with Crippen LogP contribution < -0.4 is 4.74 Å². The fourth-order valence-electron chi connectivity index (χ4n) is 3.16. The quantitative estimate of drug-likeness (QED) is 0.872. The highest BCUT2D eigenvalue weighted by Gasteiger charge is 2.28. The zero-order chi connectivity index (χ0) is 19.2. The molecule has 7 heteroatoms. The van der Waals surface area contributed by atoms with Gasteiger partial charge in [0.05, 0.1) is 11.8 Å². The van der Waals surface area contributed by atoms with E-state index in [0.717, 1.165) is 19.4 Å². The zero-order valence-corrected chi connectivity index (χ0v) is 15.2. The van der Waals surface area contributed by atoms with E-state index in [9.17, 15) is 9.59 Å². The van der Waals surface area contributed by atoms with Crippen LogP contribution >= 0.6 is 0 Å².